The van der Waals surface area contributed by atoms with E-state index in [0.717, 1.165) is 30.7 Å². The first kappa shape index (κ1) is 12.0. The second-order valence-corrected chi connectivity index (χ2v) is 5.01. The van der Waals surface area contributed by atoms with Gasteiger partial charge in [-0.05, 0) is 17.7 Å². The Morgan fingerprint density at radius 1 is 1.38 bits per heavy atom. The Morgan fingerprint density at radius 2 is 2.12 bits per heavy atom. The van der Waals surface area contributed by atoms with Crippen molar-refractivity contribution in [3.05, 3.63) is 34.3 Å². The van der Waals surface area contributed by atoms with Gasteiger partial charge in [0.15, 0.2) is 0 Å². The minimum atomic E-state index is 0.198. The molecule has 1 aromatic rings. The van der Waals surface area contributed by atoms with Crippen LogP contribution in [-0.4, -0.2) is 37.2 Å². The van der Waals surface area contributed by atoms with E-state index in [2.05, 4.69) is 45.1 Å². The van der Waals surface area contributed by atoms with Crippen molar-refractivity contribution in [2.24, 2.45) is 5.73 Å². The first-order chi connectivity index (χ1) is 7.78. The quantitative estimate of drug-likeness (QED) is 0.917. The molecule has 0 aromatic heterocycles. The zero-order valence-electron chi connectivity index (χ0n) is 9.23. The molecule has 0 spiro atoms. The van der Waals surface area contributed by atoms with Gasteiger partial charge in [-0.1, -0.05) is 28.1 Å². The van der Waals surface area contributed by atoms with Gasteiger partial charge in [-0.2, -0.15) is 0 Å². The lowest BCUT2D eigenvalue weighted by molar-refractivity contribution is -0.0260. The second-order valence-electron chi connectivity index (χ2n) is 4.09. The molecule has 1 fully saturated rings. The van der Waals surface area contributed by atoms with E-state index >= 15 is 0 Å². The zero-order chi connectivity index (χ0) is 11.4. The van der Waals surface area contributed by atoms with Crippen LogP contribution in [0.15, 0.2) is 28.7 Å². The summed E-state index contributed by atoms with van der Waals surface area (Å²) < 4.78 is 6.66. The summed E-state index contributed by atoms with van der Waals surface area (Å²) >= 11 is 3.44. The fourth-order valence-corrected chi connectivity index (χ4v) is 2.18. The molecular weight excluding hydrogens is 268 g/mol. The molecule has 1 atom stereocenters. The number of benzene rings is 1. The summed E-state index contributed by atoms with van der Waals surface area (Å²) in [6.07, 6.45) is 0.198. The van der Waals surface area contributed by atoms with Crippen LogP contribution in [-0.2, 0) is 11.3 Å². The van der Waals surface area contributed by atoms with Gasteiger partial charge in [0.2, 0.25) is 0 Å². The molecule has 2 rings (SSSR count). The van der Waals surface area contributed by atoms with Crippen molar-refractivity contribution in [2.75, 3.05) is 26.2 Å². The van der Waals surface area contributed by atoms with E-state index in [-0.39, 0.29) is 6.10 Å². The molecule has 1 aromatic carbocycles. The van der Waals surface area contributed by atoms with Gasteiger partial charge in [-0.25, -0.2) is 0 Å². The molecule has 1 heterocycles. The molecule has 0 radical (unpaired) electrons. The monoisotopic (exact) mass is 284 g/mol. The number of hydrogen-bond donors (Lipinski definition) is 1. The van der Waals surface area contributed by atoms with Gasteiger partial charge in [0.05, 0.1) is 12.7 Å². The van der Waals surface area contributed by atoms with E-state index in [1.807, 2.05) is 0 Å². The number of hydrogen-bond acceptors (Lipinski definition) is 3. The van der Waals surface area contributed by atoms with Gasteiger partial charge in [0.25, 0.3) is 0 Å². The minimum Gasteiger partial charge on any atom is -0.374 e. The number of rotatable bonds is 3. The third kappa shape index (κ3) is 3.28. The standard InChI is InChI=1S/C12H17BrN2O/c13-11-3-1-10(2-4-11)8-15-5-6-16-12(7-14)9-15/h1-4,12H,5-9,14H2/t12-/m0/s1. The summed E-state index contributed by atoms with van der Waals surface area (Å²) in [5.41, 5.74) is 6.95. The molecule has 1 saturated heterocycles. The van der Waals surface area contributed by atoms with Crippen molar-refractivity contribution < 1.29 is 4.74 Å². The Hall–Kier alpha value is -0.420. The highest BCUT2D eigenvalue weighted by atomic mass is 79.9. The van der Waals surface area contributed by atoms with Crippen molar-refractivity contribution >= 4 is 15.9 Å². The molecule has 3 nitrogen and oxygen atoms in total. The van der Waals surface area contributed by atoms with E-state index in [1.165, 1.54) is 5.56 Å². The van der Waals surface area contributed by atoms with E-state index < -0.39 is 0 Å². The Bertz CT molecular complexity index is 328. The summed E-state index contributed by atoms with van der Waals surface area (Å²) in [4.78, 5) is 2.39. The van der Waals surface area contributed by atoms with Gasteiger partial charge < -0.3 is 10.5 Å². The molecule has 0 amide bonds. The van der Waals surface area contributed by atoms with E-state index in [4.69, 9.17) is 10.5 Å². The summed E-state index contributed by atoms with van der Waals surface area (Å²) in [7, 11) is 0. The van der Waals surface area contributed by atoms with Crippen LogP contribution in [0.25, 0.3) is 0 Å². The number of nitrogens with zero attached hydrogens (tertiary/aromatic N) is 1. The van der Waals surface area contributed by atoms with Crippen LogP contribution < -0.4 is 5.73 Å². The van der Waals surface area contributed by atoms with Gasteiger partial charge in [-0.15, -0.1) is 0 Å². The lowest BCUT2D eigenvalue weighted by atomic mass is 10.2. The van der Waals surface area contributed by atoms with Crippen molar-refractivity contribution in [3.63, 3.8) is 0 Å². The predicted octanol–water partition coefficient (Wildman–Crippen LogP) is 1.61. The fraction of sp³-hybridized carbons (Fsp3) is 0.500. The lowest BCUT2D eigenvalue weighted by Gasteiger charge is -2.32. The Balaban J connectivity index is 1.91. The molecule has 0 saturated carbocycles. The smallest absolute Gasteiger partial charge is 0.0824 e. The normalized spacial score (nSPS) is 22.2. The first-order valence-corrected chi connectivity index (χ1v) is 6.35. The van der Waals surface area contributed by atoms with Crippen molar-refractivity contribution in [3.8, 4) is 0 Å². The molecular formula is C12H17BrN2O. The van der Waals surface area contributed by atoms with Crippen molar-refractivity contribution in [1.29, 1.82) is 0 Å². The average molecular weight is 285 g/mol. The summed E-state index contributed by atoms with van der Waals surface area (Å²) in [5.74, 6) is 0. The largest absolute Gasteiger partial charge is 0.374 e. The molecule has 2 N–H and O–H groups in total. The second kappa shape index (κ2) is 5.77. The van der Waals surface area contributed by atoms with Crippen LogP contribution in [0, 0.1) is 0 Å². The van der Waals surface area contributed by atoms with Crippen LogP contribution in [0.5, 0.6) is 0 Å². The summed E-state index contributed by atoms with van der Waals surface area (Å²) in [5, 5.41) is 0. The maximum Gasteiger partial charge on any atom is 0.0824 e. The van der Waals surface area contributed by atoms with Crippen LogP contribution in [0.1, 0.15) is 5.56 Å². The summed E-state index contributed by atoms with van der Waals surface area (Å²) in [6.45, 7) is 4.31. The third-order valence-corrected chi connectivity index (χ3v) is 3.33. The molecule has 0 aliphatic carbocycles. The SMILES string of the molecule is NC[C@H]1CN(Cc2ccc(Br)cc2)CCO1. The highest BCUT2D eigenvalue weighted by Crippen LogP contribution is 2.14. The van der Waals surface area contributed by atoms with Crippen molar-refractivity contribution in [2.45, 2.75) is 12.6 Å². The Kier molecular flexibility index (Phi) is 4.35. The van der Waals surface area contributed by atoms with Crippen LogP contribution in [0.4, 0.5) is 0 Å². The number of halogens is 1. The Morgan fingerprint density at radius 3 is 2.81 bits per heavy atom. The highest BCUT2D eigenvalue weighted by molar-refractivity contribution is 9.10. The third-order valence-electron chi connectivity index (χ3n) is 2.81. The Labute approximate surface area is 105 Å². The summed E-state index contributed by atoms with van der Waals surface area (Å²) in [6, 6.07) is 8.46. The average Bonchev–Trinajstić information content (AvgIpc) is 2.32. The molecule has 1 aliphatic heterocycles. The molecule has 0 unspecified atom stereocenters. The van der Waals surface area contributed by atoms with Gasteiger partial charge in [0, 0.05) is 30.7 Å². The lowest BCUT2D eigenvalue weighted by Crippen LogP contribution is -2.45. The number of nitrogens with two attached hydrogens (primary N) is 1. The topological polar surface area (TPSA) is 38.5 Å². The van der Waals surface area contributed by atoms with Crippen LogP contribution in [0.2, 0.25) is 0 Å². The maximum absolute atomic E-state index is 5.62. The van der Waals surface area contributed by atoms with E-state index in [1.54, 1.807) is 0 Å². The molecule has 1 aliphatic rings. The molecule has 4 heteroatoms. The van der Waals surface area contributed by atoms with Crippen LogP contribution >= 0.6 is 15.9 Å². The van der Waals surface area contributed by atoms with Gasteiger partial charge in [0.1, 0.15) is 0 Å². The van der Waals surface area contributed by atoms with Gasteiger partial charge >= 0.3 is 0 Å². The fourth-order valence-electron chi connectivity index (χ4n) is 1.91. The molecule has 16 heavy (non-hydrogen) atoms. The zero-order valence-corrected chi connectivity index (χ0v) is 10.8. The predicted molar refractivity (Wildman–Crippen MR) is 68.2 cm³/mol. The van der Waals surface area contributed by atoms with Gasteiger partial charge in [-0.3, -0.25) is 4.90 Å². The number of morpholine rings is 1. The van der Waals surface area contributed by atoms with Crippen molar-refractivity contribution in [1.82, 2.24) is 4.90 Å². The highest BCUT2D eigenvalue weighted by Gasteiger charge is 2.18. The maximum atomic E-state index is 5.62. The van der Waals surface area contributed by atoms with Crippen LogP contribution in [0.3, 0.4) is 0 Å². The molecule has 88 valence electrons. The minimum absolute atomic E-state index is 0.198. The van der Waals surface area contributed by atoms with E-state index in [9.17, 15) is 0 Å². The van der Waals surface area contributed by atoms with E-state index in [0.29, 0.717) is 6.54 Å². The molecule has 0 bridgehead atoms. The number of ether oxygens (including phenoxy) is 1. The first-order valence-electron chi connectivity index (χ1n) is 5.56.